The third kappa shape index (κ3) is 1.46. The van der Waals surface area contributed by atoms with Gasteiger partial charge in [-0.15, -0.1) is 0 Å². The van der Waals surface area contributed by atoms with Crippen LogP contribution in [0.3, 0.4) is 0 Å². The molecule has 3 heteroatoms. The number of amides is 1. The highest BCUT2D eigenvalue weighted by Gasteiger charge is 2.46. The summed E-state index contributed by atoms with van der Waals surface area (Å²) < 4.78 is 5.48. The Bertz CT molecular complexity index is 217. The minimum atomic E-state index is 0.129. The summed E-state index contributed by atoms with van der Waals surface area (Å²) in [5.41, 5.74) is 0.129. The first-order valence-electron chi connectivity index (χ1n) is 5.06. The van der Waals surface area contributed by atoms with E-state index < -0.39 is 0 Å². The summed E-state index contributed by atoms with van der Waals surface area (Å²) in [6.07, 6.45) is 5.71. The molecule has 1 spiro atoms. The molecule has 1 saturated carbocycles. The number of carbonyl (C=O) groups is 1. The SMILES string of the molecule is COC1CCCCC12CNC(=O)C2. The van der Waals surface area contributed by atoms with Crippen LogP contribution in [0, 0.1) is 5.41 Å². The van der Waals surface area contributed by atoms with Gasteiger partial charge in [0.25, 0.3) is 0 Å². The Labute approximate surface area is 78.8 Å². The van der Waals surface area contributed by atoms with Gasteiger partial charge in [-0.05, 0) is 12.8 Å². The first-order chi connectivity index (χ1) is 6.27. The van der Waals surface area contributed by atoms with Crippen molar-refractivity contribution >= 4 is 5.91 Å². The second kappa shape index (κ2) is 3.29. The third-order valence-corrected chi connectivity index (χ3v) is 3.51. The van der Waals surface area contributed by atoms with Crippen LogP contribution in [0.2, 0.25) is 0 Å². The van der Waals surface area contributed by atoms with E-state index in [1.54, 1.807) is 7.11 Å². The van der Waals surface area contributed by atoms with E-state index in [1.807, 2.05) is 0 Å². The highest BCUT2D eigenvalue weighted by atomic mass is 16.5. The van der Waals surface area contributed by atoms with Crippen LogP contribution in [0.1, 0.15) is 32.1 Å². The largest absolute Gasteiger partial charge is 0.381 e. The van der Waals surface area contributed by atoms with Crippen LogP contribution in [0.4, 0.5) is 0 Å². The van der Waals surface area contributed by atoms with E-state index in [2.05, 4.69) is 5.32 Å². The Morgan fingerprint density at radius 2 is 2.38 bits per heavy atom. The molecule has 2 fully saturated rings. The van der Waals surface area contributed by atoms with Crippen molar-refractivity contribution in [1.82, 2.24) is 5.32 Å². The van der Waals surface area contributed by atoms with Gasteiger partial charge in [0.05, 0.1) is 6.10 Å². The van der Waals surface area contributed by atoms with Gasteiger partial charge in [-0.1, -0.05) is 12.8 Å². The molecule has 0 aromatic heterocycles. The number of hydrogen-bond donors (Lipinski definition) is 1. The maximum atomic E-state index is 11.2. The molecule has 74 valence electrons. The molecule has 1 heterocycles. The first kappa shape index (κ1) is 9.00. The predicted octanol–water partition coefficient (Wildman–Crippen LogP) is 1.08. The van der Waals surface area contributed by atoms with Crippen molar-refractivity contribution in [2.75, 3.05) is 13.7 Å². The van der Waals surface area contributed by atoms with Crippen LogP contribution in [0.25, 0.3) is 0 Å². The highest BCUT2D eigenvalue weighted by molar-refractivity contribution is 5.79. The summed E-state index contributed by atoms with van der Waals surface area (Å²) in [5, 5.41) is 2.93. The summed E-state index contributed by atoms with van der Waals surface area (Å²) >= 11 is 0. The van der Waals surface area contributed by atoms with E-state index in [1.165, 1.54) is 12.8 Å². The smallest absolute Gasteiger partial charge is 0.220 e. The lowest BCUT2D eigenvalue weighted by atomic mass is 9.71. The average molecular weight is 183 g/mol. The first-order valence-corrected chi connectivity index (χ1v) is 5.06. The Kier molecular flexibility index (Phi) is 2.28. The molecular formula is C10H17NO2. The highest BCUT2D eigenvalue weighted by Crippen LogP contribution is 2.42. The third-order valence-electron chi connectivity index (χ3n) is 3.51. The Balaban J connectivity index is 2.13. The zero-order valence-electron chi connectivity index (χ0n) is 8.14. The van der Waals surface area contributed by atoms with E-state index in [0.717, 1.165) is 19.4 Å². The lowest BCUT2D eigenvalue weighted by Gasteiger charge is -2.38. The fraction of sp³-hybridized carbons (Fsp3) is 0.900. The predicted molar refractivity (Wildman–Crippen MR) is 49.3 cm³/mol. The van der Waals surface area contributed by atoms with Gasteiger partial charge in [0.2, 0.25) is 5.91 Å². The molecule has 0 aromatic carbocycles. The van der Waals surface area contributed by atoms with Gasteiger partial charge in [0, 0.05) is 25.5 Å². The summed E-state index contributed by atoms with van der Waals surface area (Å²) in [5.74, 6) is 0.198. The molecule has 1 N–H and O–H groups in total. The molecule has 1 aliphatic heterocycles. The minimum Gasteiger partial charge on any atom is -0.381 e. The molecular weight excluding hydrogens is 166 g/mol. The molecule has 1 amide bonds. The Hall–Kier alpha value is -0.570. The molecule has 3 nitrogen and oxygen atoms in total. The summed E-state index contributed by atoms with van der Waals surface area (Å²) in [4.78, 5) is 11.2. The fourth-order valence-corrected chi connectivity index (χ4v) is 2.77. The quantitative estimate of drug-likeness (QED) is 0.660. The second-order valence-electron chi connectivity index (χ2n) is 4.29. The topological polar surface area (TPSA) is 38.3 Å². The van der Waals surface area contributed by atoms with E-state index >= 15 is 0 Å². The number of carbonyl (C=O) groups excluding carboxylic acids is 1. The number of ether oxygens (including phenoxy) is 1. The van der Waals surface area contributed by atoms with Crippen molar-refractivity contribution in [2.45, 2.75) is 38.2 Å². The minimum absolute atomic E-state index is 0.129. The Morgan fingerprint density at radius 1 is 1.54 bits per heavy atom. The van der Waals surface area contributed by atoms with E-state index in [9.17, 15) is 4.79 Å². The van der Waals surface area contributed by atoms with Crippen molar-refractivity contribution in [3.63, 3.8) is 0 Å². The molecule has 0 radical (unpaired) electrons. The molecule has 2 rings (SSSR count). The molecule has 1 saturated heterocycles. The fourth-order valence-electron chi connectivity index (χ4n) is 2.77. The van der Waals surface area contributed by atoms with E-state index in [0.29, 0.717) is 12.5 Å². The molecule has 13 heavy (non-hydrogen) atoms. The van der Waals surface area contributed by atoms with Crippen LogP contribution in [-0.4, -0.2) is 25.7 Å². The van der Waals surface area contributed by atoms with E-state index in [4.69, 9.17) is 4.74 Å². The van der Waals surface area contributed by atoms with Crippen molar-refractivity contribution in [1.29, 1.82) is 0 Å². The number of methoxy groups -OCH3 is 1. The maximum absolute atomic E-state index is 11.2. The van der Waals surface area contributed by atoms with Crippen molar-refractivity contribution in [3.05, 3.63) is 0 Å². The molecule has 2 aliphatic rings. The standard InChI is InChI=1S/C10H17NO2/c1-13-8-4-2-3-5-10(8)6-9(12)11-7-10/h8H,2-7H2,1H3,(H,11,12). The molecule has 2 atom stereocenters. The normalized spacial score (nSPS) is 39.5. The molecule has 0 aromatic rings. The van der Waals surface area contributed by atoms with Crippen molar-refractivity contribution in [2.24, 2.45) is 5.41 Å². The van der Waals surface area contributed by atoms with Gasteiger partial charge in [-0.3, -0.25) is 4.79 Å². The van der Waals surface area contributed by atoms with Gasteiger partial charge in [-0.25, -0.2) is 0 Å². The zero-order chi connectivity index (χ0) is 9.31. The van der Waals surface area contributed by atoms with Crippen LogP contribution >= 0.6 is 0 Å². The average Bonchev–Trinajstić information content (AvgIpc) is 2.49. The molecule has 0 bridgehead atoms. The van der Waals surface area contributed by atoms with Crippen LogP contribution in [0.5, 0.6) is 0 Å². The van der Waals surface area contributed by atoms with Gasteiger partial charge < -0.3 is 10.1 Å². The van der Waals surface area contributed by atoms with Crippen molar-refractivity contribution < 1.29 is 9.53 Å². The van der Waals surface area contributed by atoms with E-state index in [-0.39, 0.29) is 11.3 Å². The number of nitrogens with one attached hydrogen (secondary N) is 1. The monoisotopic (exact) mass is 183 g/mol. The molecule has 1 aliphatic carbocycles. The second-order valence-corrected chi connectivity index (χ2v) is 4.29. The van der Waals surface area contributed by atoms with Crippen LogP contribution < -0.4 is 5.32 Å². The summed E-state index contributed by atoms with van der Waals surface area (Å²) in [6, 6.07) is 0. The van der Waals surface area contributed by atoms with Gasteiger partial charge in [0.15, 0.2) is 0 Å². The number of rotatable bonds is 1. The Morgan fingerprint density at radius 3 is 3.00 bits per heavy atom. The van der Waals surface area contributed by atoms with Gasteiger partial charge in [-0.2, -0.15) is 0 Å². The van der Waals surface area contributed by atoms with Gasteiger partial charge >= 0.3 is 0 Å². The van der Waals surface area contributed by atoms with Crippen LogP contribution in [0.15, 0.2) is 0 Å². The van der Waals surface area contributed by atoms with Crippen LogP contribution in [-0.2, 0) is 9.53 Å². The zero-order valence-corrected chi connectivity index (χ0v) is 8.14. The summed E-state index contributed by atoms with van der Waals surface area (Å²) in [7, 11) is 1.76. The lowest BCUT2D eigenvalue weighted by Crippen LogP contribution is -2.41. The summed E-state index contributed by atoms with van der Waals surface area (Å²) in [6.45, 7) is 0.824. The molecule has 2 unspecified atom stereocenters. The van der Waals surface area contributed by atoms with Gasteiger partial charge in [0.1, 0.15) is 0 Å². The van der Waals surface area contributed by atoms with Crippen molar-refractivity contribution in [3.8, 4) is 0 Å². The number of hydrogen-bond acceptors (Lipinski definition) is 2. The lowest BCUT2D eigenvalue weighted by molar-refractivity contribution is -0.121. The maximum Gasteiger partial charge on any atom is 0.220 e.